The maximum absolute atomic E-state index is 12.9. The Kier molecular flexibility index (Phi) is 5.47. The van der Waals surface area contributed by atoms with Crippen molar-refractivity contribution in [3.8, 4) is 0 Å². The molecule has 0 fully saturated rings. The number of hydrogen-bond donors (Lipinski definition) is 2. The fraction of sp³-hybridized carbons (Fsp3) is 0.0769. The number of benzene rings is 3. The highest BCUT2D eigenvalue weighted by molar-refractivity contribution is 6.30. The van der Waals surface area contributed by atoms with E-state index in [-0.39, 0.29) is 17.0 Å². The molecule has 2 N–H and O–H groups in total. The second-order valence-corrected chi connectivity index (χ2v) is 8.37. The van der Waals surface area contributed by atoms with Gasteiger partial charge in [0.15, 0.2) is 0 Å². The highest BCUT2D eigenvalue weighted by Gasteiger charge is 2.21. The summed E-state index contributed by atoms with van der Waals surface area (Å²) >= 11 is 5.89. The third-order valence-electron chi connectivity index (χ3n) is 5.69. The molecule has 4 aromatic rings. The molecular formula is C26H18ClN3O4. The van der Waals surface area contributed by atoms with E-state index in [9.17, 15) is 19.5 Å². The molecule has 0 saturated carbocycles. The van der Waals surface area contributed by atoms with Gasteiger partial charge in [-0.15, -0.1) is 0 Å². The van der Waals surface area contributed by atoms with Crippen molar-refractivity contribution < 1.29 is 14.7 Å². The second kappa shape index (κ2) is 8.61. The minimum absolute atomic E-state index is 0.0806. The molecule has 0 bridgehead atoms. The third kappa shape index (κ3) is 4.09. The zero-order valence-corrected chi connectivity index (χ0v) is 18.5. The van der Waals surface area contributed by atoms with Crippen molar-refractivity contribution in [1.29, 1.82) is 0 Å². The first-order chi connectivity index (χ1) is 16.4. The Morgan fingerprint density at radius 1 is 1.03 bits per heavy atom. The van der Waals surface area contributed by atoms with Gasteiger partial charge in [-0.05, 0) is 78.2 Å². The van der Waals surface area contributed by atoms with Crippen LogP contribution in [0.15, 0.2) is 71.5 Å². The largest absolute Gasteiger partial charge is 0.478 e. The van der Waals surface area contributed by atoms with Crippen molar-refractivity contribution in [2.75, 3.05) is 5.32 Å². The molecule has 34 heavy (non-hydrogen) atoms. The molecule has 8 heteroatoms. The highest BCUT2D eigenvalue weighted by atomic mass is 35.5. The lowest BCUT2D eigenvalue weighted by Gasteiger charge is -2.08. The summed E-state index contributed by atoms with van der Waals surface area (Å²) in [7, 11) is 0. The Bertz CT molecular complexity index is 1560. The van der Waals surface area contributed by atoms with Gasteiger partial charge in [-0.3, -0.25) is 14.2 Å². The number of carboxylic acids is 1. The first-order valence-corrected chi connectivity index (χ1v) is 10.9. The number of allylic oxidation sites excluding steroid dienone is 1. The molecule has 0 spiro atoms. The van der Waals surface area contributed by atoms with Crippen LogP contribution in [0.25, 0.3) is 22.6 Å². The van der Waals surface area contributed by atoms with E-state index < -0.39 is 5.97 Å². The van der Waals surface area contributed by atoms with Crippen LogP contribution in [0.5, 0.6) is 0 Å². The monoisotopic (exact) mass is 471 g/mol. The minimum Gasteiger partial charge on any atom is -0.478 e. The lowest BCUT2D eigenvalue weighted by Crippen LogP contribution is -2.21. The van der Waals surface area contributed by atoms with Gasteiger partial charge in [-0.1, -0.05) is 23.7 Å². The number of carboxylic acid groups (broad SMARTS) is 1. The van der Waals surface area contributed by atoms with E-state index in [1.807, 2.05) is 24.3 Å². The number of rotatable bonds is 4. The molecule has 1 amide bonds. The van der Waals surface area contributed by atoms with E-state index in [2.05, 4.69) is 10.3 Å². The molecule has 0 aliphatic carbocycles. The normalized spacial score (nSPS) is 13.7. The number of fused-ring (bicyclic) bond motifs is 2. The highest BCUT2D eigenvalue weighted by Crippen LogP contribution is 2.28. The number of nitrogens with zero attached hydrogens (tertiary/aromatic N) is 2. The summed E-state index contributed by atoms with van der Waals surface area (Å²) in [4.78, 5) is 41.4. The van der Waals surface area contributed by atoms with E-state index in [1.54, 1.807) is 34.9 Å². The summed E-state index contributed by atoms with van der Waals surface area (Å²) in [6.07, 6.45) is 2.54. The predicted molar refractivity (Wildman–Crippen MR) is 131 cm³/mol. The summed E-state index contributed by atoms with van der Waals surface area (Å²) in [5.74, 6) is -0.797. The summed E-state index contributed by atoms with van der Waals surface area (Å²) in [6, 6.07) is 18.3. The first-order valence-electron chi connectivity index (χ1n) is 10.5. The van der Waals surface area contributed by atoms with Crippen LogP contribution in [0.2, 0.25) is 5.02 Å². The van der Waals surface area contributed by atoms with Crippen molar-refractivity contribution in [3.05, 3.63) is 105 Å². The molecule has 1 aliphatic heterocycles. The summed E-state index contributed by atoms with van der Waals surface area (Å²) in [6.45, 7) is 0.497. The summed E-state index contributed by atoms with van der Waals surface area (Å²) in [5.41, 5.74) is 3.07. The third-order valence-corrected chi connectivity index (χ3v) is 5.94. The summed E-state index contributed by atoms with van der Waals surface area (Å²) in [5, 5.41) is 13.1. The standard InChI is InChI=1S/C26H18ClN3O4/c27-19-7-4-16(5-8-19)24(31)28-20-3-1-2-15(13-20)12-17-10-11-30-23(17)29-22-14-18(26(33)34)6-9-21(22)25(30)32/h1-9,12-14H,10-11H2,(H,28,31)(H,33,34)/b17-12+. The smallest absolute Gasteiger partial charge is 0.335 e. The Morgan fingerprint density at radius 3 is 2.56 bits per heavy atom. The number of anilines is 1. The molecule has 0 unspecified atom stereocenters. The van der Waals surface area contributed by atoms with Crippen LogP contribution in [-0.2, 0) is 6.54 Å². The Hall–Kier alpha value is -4.23. The minimum atomic E-state index is -1.07. The average molecular weight is 472 g/mol. The zero-order chi connectivity index (χ0) is 23.8. The number of aromatic nitrogens is 2. The molecule has 1 aliphatic rings. The van der Waals surface area contributed by atoms with Crippen LogP contribution in [0, 0.1) is 0 Å². The molecule has 0 radical (unpaired) electrons. The number of halogens is 1. The molecule has 5 rings (SSSR count). The van der Waals surface area contributed by atoms with Crippen molar-refractivity contribution in [2.45, 2.75) is 13.0 Å². The Labute approximate surface area is 199 Å². The topological polar surface area (TPSA) is 101 Å². The number of carbonyl (C=O) groups is 2. The Morgan fingerprint density at radius 2 is 1.79 bits per heavy atom. The van der Waals surface area contributed by atoms with Crippen LogP contribution in [-0.4, -0.2) is 26.5 Å². The van der Waals surface area contributed by atoms with E-state index in [0.717, 1.165) is 11.1 Å². The fourth-order valence-electron chi connectivity index (χ4n) is 4.00. The maximum atomic E-state index is 12.9. The Balaban J connectivity index is 1.47. The zero-order valence-electron chi connectivity index (χ0n) is 17.8. The van der Waals surface area contributed by atoms with Gasteiger partial charge in [0, 0.05) is 22.8 Å². The van der Waals surface area contributed by atoms with E-state index in [4.69, 9.17) is 11.6 Å². The lowest BCUT2D eigenvalue weighted by molar-refractivity contribution is 0.0696. The van der Waals surface area contributed by atoms with Crippen molar-refractivity contribution in [2.24, 2.45) is 0 Å². The predicted octanol–water partition coefficient (Wildman–Crippen LogP) is 4.94. The molecule has 1 aromatic heterocycles. The van der Waals surface area contributed by atoms with Gasteiger partial charge in [0.2, 0.25) is 0 Å². The van der Waals surface area contributed by atoms with Crippen LogP contribution in [0.1, 0.15) is 38.5 Å². The number of nitrogens with one attached hydrogen (secondary N) is 1. The SMILES string of the molecule is O=C(O)c1ccc2c(=O)n3c(nc2c1)/C(=C/c1cccc(NC(=O)c2ccc(Cl)cc2)c1)CC3. The van der Waals surface area contributed by atoms with Gasteiger partial charge in [0.1, 0.15) is 5.82 Å². The average Bonchev–Trinajstić information content (AvgIpc) is 3.22. The molecule has 3 aromatic carbocycles. The van der Waals surface area contributed by atoms with Crippen molar-refractivity contribution in [1.82, 2.24) is 9.55 Å². The molecule has 0 saturated heterocycles. The van der Waals surface area contributed by atoms with Crippen LogP contribution < -0.4 is 10.9 Å². The number of hydrogen-bond acceptors (Lipinski definition) is 4. The first kappa shape index (κ1) is 21.6. The van der Waals surface area contributed by atoms with Crippen LogP contribution in [0.3, 0.4) is 0 Å². The van der Waals surface area contributed by atoms with Crippen molar-refractivity contribution >= 4 is 51.7 Å². The quantitative estimate of drug-likeness (QED) is 0.438. The molecule has 168 valence electrons. The van der Waals surface area contributed by atoms with E-state index in [1.165, 1.54) is 18.2 Å². The molecular weight excluding hydrogens is 454 g/mol. The molecule has 0 atom stereocenters. The van der Waals surface area contributed by atoms with Gasteiger partial charge in [0.05, 0.1) is 16.5 Å². The molecule has 7 nitrogen and oxygen atoms in total. The van der Waals surface area contributed by atoms with Crippen LogP contribution >= 0.6 is 11.6 Å². The van der Waals surface area contributed by atoms with Crippen LogP contribution in [0.4, 0.5) is 5.69 Å². The number of aromatic carboxylic acids is 1. The van der Waals surface area contributed by atoms with Gasteiger partial charge in [0.25, 0.3) is 11.5 Å². The van der Waals surface area contributed by atoms with Gasteiger partial charge >= 0.3 is 5.97 Å². The maximum Gasteiger partial charge on any atom is 0.335 e. The number of amides is 1. The van der Waals surface area contributed by atoms with Crippen molar-refractivity contribution in [3.63, 3.8) is 0 Å². The van der Waals surface area contributed by atoms with Gasteiger partial charge in [-0.25, -0.2) is 9.78 Å². The molecule has 2 heterocycles. The van der Waals surface area contributed by atoms with E-state index >= 15 is 0 Å². The lowest BCUT2D eigenvalue weighted by atomic mass is 10.1. The summed E-state index contributed by atoms with van der Waals surface area (Å²) < 4.78 is 1.61. The van der Waals surface area contributed by atoms with Gasteiger partial charge in [-0.2, -0.15) is 0 Å². The van der Waals surface area contributed by atoms with Gasteiger partial charge < -0.3 is 10.4 Å². The number of carbonyl (C=O) groups excluding carboxylic acids is 1. The fourth-order valence-corrected chi connectivity index (χ4v) is 4.13. The second-order valence-electron chi connectivity index (χ2n) is 7.94. The van der Waals surface area contributed by atoms with E-state index in [0.29, 0.717) is 46.0 Å².